The molecule has 0 bridgehead atoms. The molecule has 1 aliphatic heterocycles. The Labute approximate surface area is 212 Å². The predicted octanol–water partition coefficient (Wildman–Crippen LogP) is 5.47. The fourth-order valence-corrected chi connectivity index (χ4v) is 4.83. The van der Waals surface area contributed by atoms with Gasteiger partial charge in [-0.2, -0.15) is 0 Å². The van der Waals surface area contributed by atoms with Gasteiger partial charge in [0.1, 0.15) is 5.82 Å². The minimum atomic E-state index is -0.0582. The van der Waals surface area contributed by atoms with Crippen LogP contribution in [0.1, 0.15) is 45.4 Å². The van der Waals surface area contributed by atoms with Gasteiger partial charge in [0.25, 0.3) is 5.91 Å². The summed E-state index contributed by atoms with van der Waals surface area (Å²) in [6.07, 6.45) is 3.15. The second kappa shape index (κ2) is 10.4. The maximum absolute atomic E-state index is 12.8. The monoisotopic (exact) mass is 480 g/mol. The van der Waals surface area contributed by atoms with Crippen molar-refractivity contribution in [1.29, 1.82) is 0 Å². The lowest BCUT2D eigenvalue weighted by Gasteiger charge is -2.36. The first-order valence-electron chi connectivity index (χ1n) is 12.6. The Hall–Kier alpha value is -3.93. The molecule has 1 fully saturated rings. The summed E-state index contributed by atoms with van der Waals surface area (Å²) < 4.78 is 5.34. The zero-order valence-corrected chi connectivity index (χ0v) is 21.2. The largest absolute Gasteiger partial charge is 0.459 e. The van der Waals surface area contributed by atoms with Gasteiger partial charge in [-0.25, -0.2) is 9.97 Å². The molecule has 5 rings (SSSR count). The summed E-state index contributed by atoms with van der Waals surface area (Å²) in [4.78, 5) is 27.2. The number of anilines is 1. The van der Waals surface area contributed by atoms with E-state index >= 15 is 0 Å². The molecule has 6 heteroatoms. The lowest BCUT2D eigenvalue weighted by molar-refractivity contribution is 0.0714. The Bertz CT molecular complexity index is 1340. The molecule has 4 aromatic rings. The molecule has 0 aliphatic carbocycles. The molecule has 0 unspecified atom stereocenters. The first kappa shape index (κ1) is 23.8. The van der Waals surface area contributed by atoms with E-state index in [1.807, 2.05) is 23.1 Å². The number of amides is 1. The number of aryl methyl sites for hydroxylation is 3. The average Bonchev–Trinajstić information content (AvgIpc) is 3.46. The van der Waals surface area contributed by atoms with Crippen LogP contribution in [-0.2, 0) is 12.8 Å². The summed E-state index contributed by atoms with van der Waals surface area (Å²) in [5.41, 5.74) is 7.09. The van der Waals surface area contributed by atoms with Crippen molar-refractivity contribution in [3.05, 3.63) is 101 Å². The molecule has 36 heavy (non-hydrogen) atoms. The van der Waals surface area contributed by atoms with Gasteiger partial charge < -0.3 is 14.2 Å². The van der Waals surface area contributed by atoms with E-state index in [4.69, 9.17) is 14.4 Å². The highest BCUT2D eigenvalue weighted by Crippen LogP contribution is 2.30. The predicted molar refractivity (Wildman–Crippen MR) is 142 cm³/mol. The third kappa shape index (κ3) is 4.89. The van der Waals surface area contributed by atoms with Gasteiger partial charge in [-0.1, -0.05) is 61.0 Å². The Kier molecular flexibility index (Phi) is 6.85. The molecule has 2 aromatic carbocycles. The fourth-order valence-electron chi connectivity index (χ4n) is 4.83. The van der Waals surface area contributed by atoms with E-state index in [9.17, 15) is 4.79 Å². The lowest BCUT2D eigenvalue weighted by Crippen LogP contribution is -2.49. The molecular formula is C30H32N4O2. The molecular weight excluding hydrogens is 448 g/mol. The molecule has 0 N–H and O–H groups in total. The van der Waals surface area contributed by atoms with Crippen molar-refractivity contribution in [2.24, 2.45) is 0 Å². The smallest absolute Gasteiger partial charge is 0.289 e. The van der Waals surface area contributed by atoms with Crippen LogP contribution in [0.15, 0.2) is 71.3 Å². The summed E-state index contributed by atoms with van der Waals surface area (Å²) >= 11 is 0. The van der Waals surface area contributed by atoms with Crippen molar-refractivity contribution in [2.45, 2.75) is 33.6 Å². The van der Waals surface area contributed by atoms with Crippen LogP contribution in [0.5, 0.6) is 0 Å². The van der Waals surface area contributed by atoms with E-state index in [1.165, 1.54) is 22.3 Å². The molecule has 6 nitrogen and oxygen atoms in total. The summed E-state index contributed by atoms with van der Waals surface area (Å²) in [7, 11) is 0. The van der Waals surface area contributed by atoms with Gasteiger partial charge >= 0.3 is 0 Å². The molecule has 0 atom stereocenters. The second-order valence-electron chi connectivity index (χ2n) is 9.38. The zero-order chi connectivity index (χ0) is 25.1. The Balaban J connectivity index is 1.51. The van der Waals surface area contributed by atoms with Crippen molar-refractivity contribution < 1.29 is 9.21 Å². The summed E-state index contributed by atoms with van der Waals surface area (Å²) in [6, 6.07) is 20.3. The maximum Gasteiger partial charge on any atom is 0.289 e. The van der Waals surface area contributed by atoms with E-state index in [2.05, 4.69) is 56.0 Å². The molecule has 184 valence electrons. The van der Waals surface area contributed by atoms with Gasteiger partial charge in [0.2, 0.25) is 0 Å². The average molecular weight is 481 g/mol. The lowest BCUT2D eigenvalue weighted by atomic mass is 9.96. The van der Waals surface area contributed by atoms with E-state index in [0.29, 0.717) is 31.9 Å². The highest BCUT2D eigenvalue weighted by atomic mass is 16.3. The number of hydrogen-bond donors (Lipinski definition) is 0. The van der Waals surface area contributed by atoms with Crippen molar-refractivity contribution in [1.82, 2.24) is 14.9 Å². The van der Waals surface area contributed by atoms with Crippen LogP contribution in [0.4, 0.5) is 5.82 Å². The van der Waals surface area contributed by atoms with Crippen LogP contribution in [-0.4, -0.2) is 47.0 Å². The van der Waals surface area contributed by atoms with Gasteiger partial charge in [0, 0.05) is 49.4 Å². The van der Waals surface area contributed by atoms with Gasteiger partial charge in [0.05, 0.1) is 6.26 Å². The zero-order valence-electron chi connectivity index (χ0n) is 21.2. The van der Waals surface area contributed by atoms with Crippen LogP contribution < -0.4 is 4.90 Å². The van der Waals surface area contributed by atoms with Gasteiger partial charge in [0.15, 0.2) is 11.6 Å². The number of aromatic nitrogens is 2. The summed E-state index contributed by atoms with van der Waals surface area (Å²) in [5.74, 6) is 2.06. The van der Waals surface area contributed by atoms with E-state index in [1.54, 1.807) is 18.4 Å². The number of furan rings is 1. The molecule has 1 amide bonds. The van der Waals surface area contributed by atoms with Crippen molar-refractivity contribution in [2.75, 3.05) is 31.1 Å². The second-order valence-corrected chi connectivity index (χ2v) is 9.38. The maximum atomic E-state index is 12.8. The topological polar surface area (TPSA) is 62.5 Å². The number of rotatable bonds is 6. The van der Waals surface area contributed by atoms with Crippen LogP contribution in [0.25, 0.3) is 11.4 Å². The molecule has 0 spiro atoms. The van der Waals surface area contributed by atoms with Gasteiger partial charge in [-0.05, 0) is 43.5 Å². The van der Waals surface area contributed by atoms with Crippen LogP contribution >= 0.6 is 0 Å². The third-order valence-electron chi connectivity index (χ3n) is 6.91. The summed E-state index contributed by atoms with van der Waals surface area (Å²) in [5, 5.41) is 0. The molecule has 1 saturated heterocycles. The Morgan fingerprint density at radius 3 is 2.42 bits per heavy atom. The van der Waals surface area contributed by atoms with Crippen molar-refractivity contribution in [3.8, 4) is 11.4 Å². The van der Waals surface area contributed by atoms with E-state index in [0.717, 1.165) is 35.7 Å². The molecule has 0 saturated carbocycles. The van der Waals surface area contributed by atoms with Crippen LogP contribution in [0, 0.1) is 13.8 Å². The number of piperazine rings is 1. The van der Waals surface area contributed by atoms with Gasteiger partial charge in [-0.3, -0.25) is 4.79 Å². The number of carbonyl (C=O) groups excluding carboxylic acids is 1. The highest BCUT2D eigenvalue weighted by Gasteiger charge is 2.27. The molecule has 0 radical (unpaired) electrons. The molecule has 1 aliphatic rings. The third-order valence-corrected chi connectivity index (χ3v) is 6.91. The first-order valence-corrected chi connectivity index (χ1v) is 12.6. The first-order chi connectivity index (χ1) is 17.5. The highest BCUT2D eigenvalue weighted by molar-refractivity contribution is 5.91. The Morgan fingerprint density at radius 2 is 1.72 bits per heavy atom. The van der Waals surface area contributed by atoms with E-state index in [-0.39, 0.29) is 5.91 Å². The normalized spacial score (nSPS) is 13.8. The van der Waals surface area contributed by atoms with Gasteiger partial charge in [-0.15, -0.1) is 0 Å². The fraction of sp³-hybridized carbons (Fsp3) is 0.300. The van der Waals surface area contributed by atoms with Crippen molar-refractivity contribution in [3.63, 3.8) is 0 Å². The van der Waals surface area contributed by atoms with E-state index < -0.39 is 0 Å². The number of carbonyl (C=O) groups is 1. The quantitative estimate of drug-likeness (QED) is 0.366. The Morgan fingerprint density at radius 1 is 0.944 bits per heavy atom. The number of nitrogens with zero attached hydrogens (tertiary/aromatic N) is 4. The minimum absolute atomic E-state index is 0.0582. The SMILES string of the molecule is CCc1nc(-c2ccccc2)nc(N2CCN(C(=O)c3ccco3)CC2)c1Cc1cc(C)ccc1C. The van der Waals surface area contributed by atoms with Crippen LogP contribution in [0.2, 0.25) is 0 Å². The number of benzene rings is 2. The summed E-state index contributed by atoms with van der Waals surface area (Å²) in [6.45, 7) is 9.12. The van der Waals surface area contributed by atoms with Crippen molar-refractivity contribution >= 4 is 11.7 Å². The standard InChI is InChI=1S/C30H32N4O2/c1-4-26-25(20-24-19-21(2)12-13-22(24)3)29(32-28(31-26)23-9-6-5-7-10-23)33-14-16-34(17-15-33)30(35)27-11-8-18-36-27/h5-13,18-19H,4,14-17,20H2,1-3H3. The number of hydrogen-bond acceptors (Lipinski definition) is 5. The minimum Gasteiger partial charge on any atom is -0.459 e. The van der Waals surface area contributed by atoms with Crippen LogP contribution in [0.3, 0.4) is 0 Å². The molecule has 3 heterocycles. The molecule has 2 aromatic heterocycles.